The number of aryl methyl sites for hydroxylation is 1. The van der Waals surface area contributed by atoms with Crippen molar-refractivity contribution in [1.82, 2.24) is 13.9 Å². The van der Waals surface area contributed by atoms with Gasteiger partial charge in [0, 0.05) is 25.5 Å². The molecule has 0 saturated carbocycles. The van der Waals surface area contributed by atoms with Crippen molar-refractivity contribution in [2.75, 3.05) is 24.7 Å². The van der Waals surface area contributed by atoms with E-state index < -0.39 is 0 Å². The summed E-state index contributed by atoms with van der Waals surface area (Å²) in [5.41, 5.74) is 5.67. The Bertz CT molecular complexity index is 468. The first-order chi connectivity index (χ1) is 8.81. The van der Waals surface area contributed by atoms with Crippen LogP contribution in [0.4, 0.5) is 10.8 Å². The maximum absolute atomic E-state index is 5.67. The molecule has 2 rings (SSSR count). The van der Waals surface area contributed by atoms with E-state index in [1.165, 1.54) is 11.5 Å². The zero-order valence-electron chi connectivity index (χ0n) is 10.3. The summed E-state index contributed by atoms with van der Waals surface area (Å²) < 4.78 is 11.3. The largest absolute Gasteiger partial charge is 0.490 e. The number of nitrogen functional groups attached to an aromatic ring is 1. The molecule has 0 aliphatic carbocycles. The molecule has 0 unspecified atom stereocenters. The molecule has 98 valence electrons. The van der Waals surface area contributed by atoms with Gasteiger partial charge in [-0.1, -0.05) is 0 Å². The number of ether oxygens (including phenoxy) is 1. The Morgan fingerprint density at radius 2 is 2.39 bits per heavy atom. The summed E-state index contributed by atoms with van der Waals surface area (Å²) in [5.74, 6) is 1.10. The Labute approximate surface area is 110 Å². The smallest absolute Gasteiger partial charge is 0.197 e. The SMILES string of the molecule is COc1c(N)nsc1NCCCCn1ccnc1. The lowest BCUT2D eigenvalue weighted by Gasteiger charge is -2.06. The van der Waals surface area contributed by atoms with E-state index in [1.807, 2.05) is 12.5 Å². The minimum Gasteiger partial charge on any atom is -0.490 e. The van der Waals surface area contributed by atoms with Crippen molar-refractivity contribution in [2.45, 2.75) is 19.4 Å². The molecule has 0 atom stereocenters. The van der Waals surface area contributed by atoms with Crippen LogP contribution in [0.1, 0.15) is 12.8 Å². The van der Waals surface area contributed by atoms with E-state index >= 15 is 0 Å². The monoisotopic (exact) mass is 267 g/mol. The molecule has 0 bridgehead atoms. The van der Waals surface area contributed by atoms with Gasteiger partial charge in [-0.05, 0) is 24.4 Å². The summed E-state index contributed by atoms with van der Waals surface area (Å²) in [5, 5.41) is 4.19. The number of anilines is 2. The summed E-state index contributed by atoms with van der Waals surface area (Å²) in [4.78, 5) is 4.00. The molecule has 0 aromatic carbocycles. The predicted octanol–water partition coefficient (Wildman–Crippen LogP) is 1.82. The molecule has 7 heteroatoms. The van der Waals surface area contributed by atoms with E-state index in [0.29, 0.717) is 11.6 Å². The maximum Gasteiger partial charge on any atom is 0.197 e. The number of aromatic nitrogens is 3. The number of hydrogen-bond donors (Lipinski definition) is 2. The molecule has 0 fully saturated rings. The fourth-order valence-corrected chi connectivity index (χ4v) is 2.35. The molecule has 6 nitrogen and oxygen atoms in total. The third-order valence-corrected chi connectivity index (χ3v) is 3.37. The highest BCUT2D eigenvalue weighted by molar-refractivity contribution is 7.11. The van der Waals surface area contributed by atoms with Crippen LogP contribution in [0.5, 0.6) is 5.75 Å². The van der Waals surface area contributed by atoms with Crippen molar-refractivity contribution >= 4 is 22.4 Å². The molecule has 0 aliphatic rings. The number of nitrogens with two attached hydrogens (primary N) is 1. The minimum absolute atomic E-state index is 0.448. The average molecular weight is 267 g/mol. The van der Waals surface area contributed by atoms with Gasteiger partial charge in [-0.3, -0.25) is 0 Å². The van der Waals surface area contributed by atoms with Gasteiger partial charge >= 0.3 is 0 Å². The number of hydrogen-bond acceptors (Lipinski definition) is 6. The Balaban J connectivity index is 1.69. The second kappa shape index (κ2) is 6.25. The fraction of sp³-hybridized carbons (Fsp3) is 0.455. The quantitative estimate of drug-likeness (QED) is 0.748. The van der Waals surface area contributed by atoms with Gasteiger partial charge in [-0.2, -0.15) is 4.37 Å². The summed E-state index contributed by atoms with van der Waals surface area (Å²) in [7, 11) is 1.60. The highest BCUT2D eigenvalue weighted by Crippen LogP contribution is 2.34. The number of imidazole rings is 1. The van der Waals surface area contributed by atoms with Gasteiger partial charge in [-0.15, -0.1) is 0 Å². The van der Waals surface area contributed by atoms with Crippen LogP contribution >= 0.6 is 11.5 Å². The van der Waals surface area contributed by atoms with Gasteiger partial charge in [0.25, 0.3) is 0 Å². The highest BCUT2D eigenvalue weighted by atomic mass is 32.1. The second-order valence-electron chi connectivity index (χ2n) is 3.86. The molecule has 0 saturated heterocycles. The number of rotatable bonds is 7. The molecule has 2 aromatic rings. The van der Waals surface area contributed by atoms with Gasteiger partial charge in [0.1, 0.15) is 0 Å². The van der Waals surface area contributed by atoms with Gasteiger partial charge in [0.15, 0.2) is 16.6 Å². The van der Waals surface area contributed by atoms with Gasteiger partial charge in [-0.25, -0.2) is 4.98 Å². The second-order valence-corrected chi connectivity index (χ2v) is 4.64. The molecule has 0 radical (unpaired) electrons. The van der Waals surface area contributed by atoms with Crippen molar-refractivity contribution in [3.63, 3.8) is 0 Å². The van der Waals surface area contributed by atoms with Crippen molar-refractivity contribution < 1.29 is 4.74 Å². The van der Waals surface area contributed by atoms with Crippen LogP contribution < -0.4 is 15.8 Å². The first kappa shape index (κ1) is 12.7. The molecule has 0 spiro atoms. The van der Waals surface area contributed by atoms with Gasteiger partial charge in [0.05, 0.1) is 13.4 Å². The number of unbranched alkanes of at least 4 members (excludes halogenated alkanes) is 1. The van der Waals surface area contributed by atoms with E-state index in [0.717, 1.165) is 30.9 Å². The lowest BCUT2D eigenvalue weighted by Crippen LogP contribution is -2.03. The number of nitrogens with one attached hydrogen (secondary N) is 1. The van der Waals surface area contributed by atoms with Crippen LogP contribution in [0.25, 0.3) is 0 Å². The first-order valence-corrected chi connectivity index (χ1v) is 6.57. The summed E-state index contributed by atoms with van der Waals surface area (Å²) >= 11 is 1.33. The average Bonchev–Trinajstić information content (AvgIpc) is 2.99. The standard InChI is InChI=1S/C11H17N5OS/c1-17-9-10(12)15-18-11(9)14-4-2-3-6-16-7-5-13-8-16/h5,7-8,14H,2-4,6H2,1H3,(H2,12,15). The molecule has 0 amide bonds. The molecule has 3 N–H and O–H groups in total. The molecular weight excluding hydrogens is 250 g/mol. The van der Waals surface area contributed by atoms with Crippen molar-refractivity contribution in [3.8, 4) is 5.75 Å². The summed E-state index contributed by atoms with van der Waals surface area (Å²) in [6.07, 6.45) is 7.77. The van der Waals surface area contributed by atoms with E-state index in [2.05, 4.69) is 19.2 Å². The molecular formula is C11H17N5OS. The summed E-state index contributed by atoms with van der Waals surface area (Å²) in [6.45, 7) is 1.87. The Morgan fingerprint density at radius 3 is 3.11 bits per heavy atom. The van der Waals surface area contributed by atoms with Crippen LogP contribution in [0, 0.1) is 0 Å². The third kappa shape index (κ3) is 3.13. The Hall–Kier alpha value is -1.76. The first-order valence-electron chi connectivity index (χ1n) is 5.80. The number of nitrogens with zero attached hydrogens (tertiary/aromatic N) is 3. The van der Waals surface area contributed by atoms with E-state index in [4.69, 9.17) is 10.5 Å². The Kier molecular flexibility index (Phi) is 4.40. The summed E-state index contributed by atoms with van der Waals surface area (Å²) in [6, 6.07) is 0. The topological polar surface area (TPSA) is 78.0 Å². The molecule has 0 aliphatic heterocycles. The van der Waals surface area contributed by atoms with Crippen LogP contribution in [-0.4, -0.2) is 27.6 Å². The lowest BCUT2D eigenvalue weighted by atomic mass is 10.3. The molecule has 2 aromatic heterocycles. The van der Waals surface area contributed by atoms with Crippen LogP contribution in [-0.2, 0) is 6.54 Å². The number of methoxy groups -OCH3 is 1. The van der Waals surface area contributed by atoms with Crippen LogP contribution in [0.2, 0.25) is 0 Å². The maximum atomic E-state index is 5.67. The Morgan fingerprint density at radius 1 is 1.50 bits per heavy atom. The van der Waals surface area contributed by atoms with Crippen molar-refractivity contribution in [3.05, 3.63) is 18.7 Å². The van der Waals surface area contributed by atoms with Gasteiger partial charge < -0.3 is 20.4 Å². The lowest BCUT2D eigenvalue weighted by molar-refractivity contribution is 0.419. The minimum atomic E-state index is 0.448. The third-order valence-electron chi connectivity index (χ3n) is 2.57. The zero-order valence-corrected chi connectivity index (χ0v) is 11.1. The van der Waals surface area contributed by atoms with E-state index in [1.54, 1.807) is 13.3 Å². The van der Waals surface area contributed by atoms with E-state index in [-0.39, 0.29) is 0 Å². The van der Waals surface area contributed by atoms with Gasteiger partial charge in [0.2, 0.25) is 0 Å². The predicted molar refractivity (Wildman–Crippen MR) is 73.0 cm³/mol. The van der Waals surface area contributed by atoms with Crippen LogP contribution in [0.15, 0.2) is 18.7 Å². The van der Waals surface area contributed by atoms with Crippen LogP contribution in [0.3, 0.4) is 0 Å². The molecule has 18 heavy (non-hydrogen) atoms. The van der Waals surface area contributed by atoms with Crippen molar-refractivity contribution in [1.29, 1.82) is 0 Å². The zero-order chi connectivity index (χ0) is 12.8. The highest BCUT2D eigenvalue weighted by Gasteiger charge is 2.10. The van der Waals surface area contributed by atoms with E-state index in [9.17, 15) is 0 Å². The normalized spacial score (nSPS) is 10.5. The molecule has 2 heterocycles. The van der Waals surface area contributed by atoms with Crippen molar-refractivity contribution in [2.24, 2.45) is 0 Å². The fourth-order valence-electron chi connectivity index (χ4n) is 1.64.